The Kier molecular flexibility index (Phi) is 4.83. The van der Waals surface area contributed by atoms with E-state index in [0.717, 1.165) is 32.2 Å². The van der Waals surface area contributed by atoms with Gasteiger partial charge in [0.2, 0.25) is 17.8 Å². The van der Waals surface area contributed by atoms with Crippen LogP contribution in [0.2, 0.25) is 0 Å². The molecule has 11 nitrogen and oxygen atoms in total. The number of hydrogen-bond donors (Lipinski definition) is 3. The minimum Gasteiger partial charge on any atom is -0.383 e. The molecule has 0 aromatic carbocycles. The third kappa shape index (κ3) is 3.73. The van der Waals surface area contributed by atoms with Crippen LogP contribution in [0.5, 0.6) is 0 Å². The molecule has 11 heteroatoms. The molecule has 5 rings (SSSR count). The summed E-state index contributed by atoms with van der Waals surface area (Å²) in [5.41, 5.74) is 4.96. The lowest BCUT2D eigenvalue weighted by molar-refractivity contribution is -0.124. The number of amides is 2. The van der Waals surface area contributed by atoms with Gasteiger partial charge in [0.1, 0.15) is 0 Å². The number of rotatable bonds is 7. The number of nitrogens with zero attached hydrogens (tertiary/aromatic N) is 5. The average Bonchev–Trinajstić information content (AvgIpc) is 3.12. The van der Waals surface area contributed by atoms with Gasteiger partial charge in [-0.3, -0.25) is 20.3 Å². The molecule has 158 valence electrons. The van der Waals surface area contributed by atoms with Crippen LogP contribution < -0.4 is 16.1 Å². The van der Waals surface area contributed by atoms with Crippen molar-refractivity contribution in [2.24, 2.45) is 0 Å². The smallest absolute Gasteiger partial charge is 0.254 e. The Morgan fingerprint density at radius 2 is 2.17 bits per heavy atom. The third-order valence-electron chi connectivity index (χ3n) is 5.51. The van der Waals surface area contributed by atoms with Crippen LogP contribution in [0, 0.1) is 0 Å². The highest BCUT2D eigenvalue weighted by Gasteiger charge is 2.28. The van der Waals surface area contributed by atoms with E-state index in [4.69, 9.17) is 4.74 Å². The molecule has 2 aromatic heterocycles. The molecule has 3 N–H and O–H groups in total. The second-order valence-corrected chi connectivity index (χ2v) is 7.90. The van der Waals surface area contributed by atoms with E-state index in [-0.39, 0.29) is 24.3 Å². The van der Waals surface area contributed by atoms with Gasteiger partial charge in [-0.05, 0) is 31.8 Å². The van der Waals surface area contributed by atoms with Gasteiger partial charge in [0.25, 0.3) is 5.91 Å². The lowest BCUT2D eigenvalue weighted by Gasteiger charge is -2.24. The number of fused-ring (bicyclic) bond motifs is 1. The number of nitrogens with one attached hydrogen (secondary N) is 3. The van der Waals surface area contributed by atoms with Crippen LogP contribution in [0.15, 0.2) is 11.8 Å². The molecule has 2 saturated heterocycles. The Labute approximate surface area is 172 Å². The monoisotopic (exact) mass is 412 g/mol. The number of hydrogen-bond acceptors (Lipinski definition) is 9. The standard InChI is InChI=1S/C19H24N8O3/c1-30-10-14-3-2-6-26(14)25-18-23-16-12(7-11-8-15(28)22-17(11)29)9-20-27(16)19(24-18)21-13-4-5-13/h7,9,13-14H,2-6,8,10H2,1H3,(H,22,28,29)(H2,21,23,24,25)/b11-7+/t14-/m0/s1. The number of carbonyl (C=O) groups excluding carboxylic acids is 2. The SMILES string of the molecule is COC[C@@H]1CCCN1Nc1nc(NC2CC2)n2ncc(/C=C3\CC(=O)NC3=O)c2n1. The van der Waals surface area contributed by atoms with Crippen molar-refractivity contribution in [3.63, 3.8) is 0 Å². The van der Waals surface area contributed by atoms with Crippen molar-refractivity contribution in [2.75, 3.05) is 31.0 Å². The van der Waals surface area contributed by atoms with Gasteiger partial charge in [-0.25, -0.2) is 5.01 Å². The van der Waals surface area contributed by atoms with E-state index in [1.165, 1.54) is 0 Å². The minimum absolute atomic E-state index is 0.0615. The van der Waals surface area contributed by atoms with Crippen molar-refractivity contribution in [1.29, 1.82) is 0 Å². The Balaban J connectivity index is 1.50. The summed E-state index contributed by atoms with van der Waals surface area (Å²) in [5.74, 6) is 0.390. The minimum atomic E-state index is -0.373. The second kappa shape index (κ2) is 7.65. The summed E-state index contributed by atoms with van der Waals surface area (Å²) in [6.45, 7) is 1.52. The maximum atomic E-state index is 12.0. The molecule has 4 heterocycles. The van der Waals surface area contributed by atoms with E-state index in [0.29, 0.717) is 41.3 Å². The molecule has 30 heavy (non-hydrogen) atoms. The first-order valence-corrected chi connectivity index (χ1v) is 10.2. The van der Waals surface area contributed by atoms with Gasteiger partial charge in [-0.15, -0.1) is 0 Å². The highest BCUT2D eigenvalue weighted by molar-refractivity contribution is 6.15. The number of hydrazine groups is 1. The van der Waals surface area contributed by atoms with Gasteiger partial charge < -0.3 is 10.1 Å². The Morgan fingerprint density at radius 1 is 1.30 bits per heavy atom. The molecule has 1 saturated carbocycles. The van der Waals surface area contributed by atoms with Crippen LogP contribution in [0.4, 0.5) is 11.9 Å². The van der Waals surface area contributed by atoms with E-state index in [1.54, 1.807) is 23.9 Å². The van der Waals surface area contributed by atoms with Gasteiger partial charge in [0.15, 0.2) is 5.65 Å². The van der Waals surface area contributed by atoms with Crippen molar-refractivity contribution < 1.29 is 14.3 Å². The average molecular weight is 412 g/mol. The van der Waals surface area contributed by atoms with E-state index >= 15 is 0 Å². The summed E-state index contributed by atoms with van der Waals surface area (Å²) in [5, 5.41) is 12.2. The first kappa shape index (κ1) is 18.9. The molecule has 2 amide bonds. The molecule has 0 spiro atoms. The Hall–Kier alpha value is -3.05. The molecular formula is C19H24N8O3. The van der Waals surface area contributed by atoms with Gasteiger partial charge >= 0.3 is 0 Å². The van der Waals surface area contributed by atoms with Gasteiger partial charge in [0, 0.05) is 30.8 Å². The van der Waals surface area contributed by atoms with Crippen molar-refractivity contribution in [1.82, 2.24) is 29.9 Å². The predicted molar refractivity (Wildman–Crippen MR) is 108 cm³/mol. The molecule has 0 radical (unpaired) electrons. The van der Waals surface area contributed by atoms with Crippen LogP contribution in [0.3, 0.4) is 0 Å². The zero-order valence-electron chi connectivity index (χ0n) is 16.7. The summed E-state index contributed by atoms with van der Waals surface area (Å²) >= 11 is 0. The summed E-state index contributed by atoms with van der Waals surface area (Å²) in [6.07, 6.45) is 7.68. The number of ether oxygens (including phenoxy) is 1. The van der Waals surface area contributed by atoms with Gasteiger partial charge in [-0.2, -0.15) is 19.6 Å². The van der Waals surface area contributed by atoms with Crippen LogP contribution in [0.25, 0.3) is 11.7 Å². The number of methoxy groups -OCH3 is 1. The number of aromatic nitrogens is 4. The number of anilines is 2. The van der Waals surface area contributed by atoms with Crippen LogP contribution in [0.1, 0.15) is 37.7 Å². The van der Waals surface area contributed by atoms with E-state index in [1.807, 2.05) is 0 Å². The zero-order chi connectivity index (χ0) is 20.7. The maximum absolute atomic E-state index is 12.0. The summed E-state index contributed by atoms with van der Waals surface area (Å²) < 4.78 is 6.97. The van der Waals surface area contributed by atoms with Crippen LogP contribution in [-0.2, 0) is 14.3 Å². The highest BCUT2D eigenvalue weighted by Crippen LogP contribution is 2.27. The van der Waals surface area contributed by atoms with Crippen molar-refractivity contribution in [3.8, 4) is 0 Å². The molecule has 0 unspecified atom stereocenters. The van der Waals surface area contributed by atoms with E-state index in [2.05, 4.69) is 36.1 Å². The van der Waals surface area contributed by atoms with E-state index < -0.39 is 0 Å². The maximum Gasteiger partial charge on any atom is 0.254 e. The molecule has 3 aliphatic rings. The Morgan fingerprint density at radius 3 is 2.90 bits per heavy atom. The zero-order valence-corrected chi connectivity index (χ0v) is 16.7. The van der Waals surface area contributed by atoms with Gasteiger partial charge in [-0.1, -0.05) is 0 Å². The van der Waals surface area contributed by atoms with Crippen molar-refractivity contribution >= 4 is 35.4 Å². The molecule has 3 fully saturated rings. The fourth-order valence-electron chi connectivity index (χ4n) is 3.84. The normalized spacial score (nSPS) is 23.5. The molecule has 1 atom stereocenters. The summed E-state index contributed by atoms with van der Waals surface area (Å²) in [4.78, 5) is 32.8. The molecule has 1 aliphatic carbocycles. The van der Waals surface area contributed by atoms with Gasteiger partial charge in [0.05, 0.1) is 25.3 Å². The fourth-order valence-corrected chi connectivity index (χ4v) is 3.84. The quantitative estimate of drug-likeness (QED) is 0.442. The second-order valence-electron chi connectivity index (χ2n) is 7.90. The molecule has 0 bridgehead atoms. The largest absolute Gasteiger partial charge is 0.383 e. The molecular weight excluding hydrogens is 388 g/mol. The number of carbonyl (C=O) groups is 2. The molecule has 2 aliphatic heterocycles. The lowest BCUT2D eigenvalue weighted by atomic mass is 10.1. The Bertz CT molecular complexity index is 1030. The topological polar surface area (TPSA) is 126 Å². The fraction of sp³-hybridized carbons (Fsp3) is 0.526. The first-order valence-electron chi connectivity index (χ1n) is 10.2. The first-order chi connectivity index (χ1) is 14.6. The van der Waals surface area contributed by atoms with Crippen LogP contribution in [-0.4, -0.2) is 68.8 Å². The highest BCUT2D eigenvalue weighted by atomic mass is 16.5. The van der Waals surface area contributed by atoms with Crippen LogP contribution >= 0.6 is 0 Å². The lowest BCUT2D eigenvalue weighted by Crippen LogP contribution is -2.38. The molecule has 2 aromatic rings. The predicted octanol–water partition coefficient (Wildman–Crippen LogP) is 0.566. The van der Waals surface area contributed by atoms with Crippen molar-refractivity contribution in [3.05, 3.63) is 17.3 Å². The summed E-state index contributed by atoms with van der Waals surface area (Å²) in [6, 6.07) is 0.641. The summed E-state index contributed by atoms with van der Waals surface area (Å²) in [7, 11) is 1.70. The third-order valence-corrected chi connectivity index (χ3v) is 5.51. The number of imide groups is 1. The van der Waals surface area contributed by atoms with Crippen molar-refractivity contribution in [2.45, 2.75) is 44.2 Å². The van der Waals surface area contributed by atoms with E-state index in [9.17, 15) is 9.59 Å².